The highest BCUT2D eigenvalue weighted by atomic mass is 16.5. The van der Waals surface area contributed by atoms with Gasteiger partial charge in [0.1, 0.15) is 6.10 Å². The Kier molecular flexibility index (Phi) is 5.37. The fourth-order valence-corrected chi connectivity index (χ4v) is 7.51. The van der Waals surface area contributed by atoms with Crippen LogP contribution in [-0.2, 0) is 4.74 Å². The molecule has 2 saturated carbocycles. The van der Waals surface area contributed by atoms with Crippen LogP contribution < -0.4 is 0 Å². The van der Waals surface area contributed by atoms with E-state index in [0.29, 0.717) is 29.9 Å². The average Bonchev–Trinajstić information content (AvgIpc) is 3.11. The molecular formula is C28H36O3. The van der Waals surface area contributed by atoms with E-state index in [1.807, 2.05) is 30.3 Å². The van der Waals surface area contributed by atoms with Crippen LogP contribution in [0.15, 0.2) is 53.6 Å². The van der Waals surface area contributed by atoms with E-state index >= 15 is 0 Å². The molecule has 6 atom stereocenters. The van der Waals surface area contributed by atoms with Crippen LogP contribution in [0.3, 0.4) is 0 Å². The minimum absolute atomic E-state index is 0.0129. The van der Waals surface area contributed by atoms with E-state index in [1.165, 1.54) is 25.7 Å². The van der Waals surface area contributed by atoms with Gasteiger partial charge in [-0.05, 0) is 97.7 Å². The Bertz CT molecular complexity index is 900. The number of fused-ring (bicyclic) bond motifs is 4. The van der Waals surface area contributed by atoms with Gasteiger partial charge in [0.15, 0.2) is 0 Å². The Hall–Kier alpha value is -1.87. The van der Waals surface area contributed by atoms with Crippen LogP contribution in [0.1, 0.15) is 75.6 Å². The number of carbonyl (C=O) groups is 1. The summed E-state index contributed by atoms with van der Waals surface area (Å²) in [4.78, 5) is 12.6. The first kappa shape index (κ1) is 21.0. The molecule has 0 heterocycles. The van der Waals surface area contributed by atoms with Crippen molar-refractivity contribution in [3.8, 4) is 0 Å². The minimum atomic E-state index is -0.189. The van der Waals surface area contributed by atoms with Crippen molar-refractivity contribution in [1.82, 2.24) is 0 Å². The zero-order valence-corrected chi connectivity index (χ0v) is 19.0. The van der Waals surface area contributed by atoms with Crippen LogP contribution in [0.4, 0.5) is 0 Å². The van der Waals surface area contributed by atoms with Gasteiger partial charge < -0.3 is 9.84 Å². The fraction of sp³-hybridized carbons (Fsp3) is 0.607. The van der Waals surface area contributed by atoms with Gasteiger partial charge in [-0.2, -0.15) is 0 Å². The number of allylic oxidation sites excluding steroid dienone is 4. The highest BCUT2D eigenvalue weighted by molar-refractivity contribution is 5.89. The molecule has 3 heteroatoms. The first-order valence-corrected chi connectivity index (χ1v) is 12.2. The normalized spacial score (nSPS) is 38.9. The number of benzene rings is 1. The third-order valence-corrected chi connectivity index (χ3v) is 9.44. The second-order valence-corrected chi connectivity index (χ2v) is 10.8. The van der Waals surface area contributed by atoms with Crippen LogP contribution in [0.25, 0.3) is 0 Å². The monoisotopic (exact) mass is 420 g/mol. The van der Waals surface area contributed by atoms with Gasteiger partial charge in [-0.15, -0.1) is 0 Å². The van der Waals surface area contributed by atoms with E-state index in [2.05, 4.69) is 26.0 Å². The Morgan fingerprint density at radius 2 is 1.94 bits per heavy atom. The zero-order valence-electron chi connectivity index (χ0n) is 19.0. The number of hydrogen-bond acceptors (Lipinski definition) is 3. The second-order valence-electron chi connectivity index (χ2n) is 10.8. The second kappa shape index (κ2) is 7.92. The van der Waals surface area contributed by atoms with Crippen LogP contribution in [-0.4, -0.2) is 23.8 Å². The van der Waals surface area contributed by atoms with E-state index in [9.17, 15) is 9.90 Å². The number of aliphatic hydroxyl groups excluding tert-OH is 1. The summed E-state index contributed by atoms with van der Waals surface area (Å²) in [7, 11) is 0. The Balaban J connectivity index is 1.36. The summed E-state index contributed by atoms with van der Waals surface area (Å²) in [5.74, 6) is 1.55. The average molecular weight is 421 g/mol. The van der Waals surface area contributed by atoms with Crippen LogP contribution in [0.2, 0.25) is 0 Å². The van der Waals surface area contributed by atoms with Crippen LogP contribution in [0, 0.1) is 28.6 Å². The summed E-state index contributed by atoms with van der Waals surface area (Å²) in [6.45, 7) is 5.26. The van der Waals surface area contributed by atoms with Crippen LogP contribution in [0.5, 0.6) is 0 Å². The summed E-state index contributed by atoms with van der Waals surface area (Å²) >= 11 is 0. The Morgan fingerprint density at radius 1 is 1.13 bits per heavy atom. The van der Waals surface area contributed by atoms with Gasteiger partial charge in [0.25, 0.3) is 0 Å². The molecule has 0 radical (unpaired) electrons. The van der Waals surface area contributed by atoms with Crippen molar-refractivity contribution in [3.63, 3.8) is 0 Å². The predicted molar refractivity (Wildman–Crippen MR) is 123 cm³/mol. The SMILES string of the molecule is C[C@]12CC[C@H]3C(=C1CC[C@@H]2CCO)C=CC1CC(OC(=O)c2ccccc2)CC[C@@]13C. The van der Waals surface area contributed by atoms with Gasteiger partial charge >= 0.3 is 5.97 Å². The van der Waals surface area contributed by atoms with Crippen molar-refractivity contribution in [3.05, 3.63) is 59.2 Å². The maximum Gasteiger partial charge on any atom is 0.338 e. The van der Waals surface area contributed by atoms with Gasteiger partial charge in [0, 0.05) is 6.61 Å². The van der Waals surface area contributed by atoms with Crippen molar-refractivity contribution in [2.45, 2.75) is 71.3 Å². The number of ether oxygens (including phenoxy) is 1. The maximum absolute atomic E-state index is 12.6. The third-order valence-electron chi connectivity index (χ3n) is 9.44. The lowest BCUT2D eigenvalue weighted by Crippen LogP contribution is -2.47. The molecule has 4 aliphatic carbocycles. The molecule has 0 bridgehead atoms. The first-order valence-electron chi connectivity index (χ1n) is 12.2. The highest BCUT2D eigenvalue weighted by Gasteiger charge is 2.54. The van der Waals surface area contributed by atoms with Crippen molar-refractivity contribution < 1.29 is 14.6 Å². The molecule has 166 valence electrons. The van der Waals surface area contributed by atoms with Gasteiger partial charge in [0.2, 0.25) is 0 Å². The molecule has 0 aliphatic heterocycles. The van der Waals surface area contributed by atoms with Gasteiger partial charge in [-0.25, -0.2) is 4.79 Å². The maximum atomic E-state index is 12.6. The van der Waals surface area contributed by atoms with Gasteiger partial charge in [-0.1, -0.05) is 49.8 Å². The van der Waals surface area contributed by atoms with Crippen molar-refractivity contribution in [2.24, 2.45) is 28.6 Å². The van der Waals surface area contributed by atoms with Crippen LogP contribution >= 0.6 is 0 Å². The fourth-order valence-electron chi connectivity index (χ4n) is 7.51. The molecule has 1 aromatic carbocycles. The smallest absolute Gasteiger partial charge is 0.338 e. The molecular weight excluding hydrogens is 384 g/mol. The Morgan fingerprint density at radius 3 is 2.71 bits per heavy atom. The minimum Gasteiger partial charge on any atom is -0.459 e. The summed E-state index contributed by atoms with van der Waals surface area (Å²) < 4.78 is 5.93. The summed E-state index contributed by atoms with van der Waals surface area (Å²) in [5.41, 5.74) is 4.50. The predicted octanol–water partition coefficient (Wildman–Crippen LogP) is 6.09. The molecule has 31 heavy (non-hydrogen) atoms. The highest BCUT2D eigenvalue weighted by Crippen LogP contribution is 2.63. The van der Waals surface area contributed by atoms with E-state index < -0.39 is 0 Å². The quantitative estimate of drug-likeness (QED) is 0.599. The third kappa shape index (κ3) is 3.40. The van der Waals surface area contributed by atoms with Crippen molar-refractivity contribution in [1.29, 1.82) is 0 Å². The summed E-state index contributed by atoms with van der Waals surface area (Å²) in [5, 5.41) is 9.55. The lowest BCUT2D eigenvalue weighted by Gasteiger charge is -2.54. The molecule has 2 unspecified atom stereocenters. The summed E-state index contributed by atoms with van der Waals surface area (Å²) in [6, 6.07) is 9.36. The number of rotatable bonds is 4. The molecule has 0 aromatic heterocycles. The summed E-state index contributed by atoms with van der Waals surface area (Å²) in [6.07, 6.45) is 13.8. The van der Waals surface area contributed by atoms with E-state index in [0.717, 1.165) is 25.7 Å². The standard InChI is InChI=1S/C28H36O3/c1-27-16-13-25-23(24(27)11-9-20(27)14-17-29)10-8-21-18-22(12-15-28(21,25)2)31-26(30)19-6-4-3-5-7-19/h3-8,10,20-22,25,29H,9,11-18H2,1-2H3/t20-,21?,22?,25+,27-,28+/m1/s1. The molecule has 1 aromatic rings. The topological polar surface area (TPSA) is 46.5 Å². The lowest BCUT2D eigenvalue weighted by atomic mass is 9.51. The van der Waals surface area contributed by atoms with Gasteiger partial charge in [-0.3, -0.25) is 0 Å². The number of esters is 1. The first-order chi connectivity index (χ1) is 15.0. The lowest BCUT2D eigenvalue weighted by molar-refractivity contribution is -0.0246. The molecule has 3 nitrogen and oxygen atoms in total. The molecule has 4 aliphatic rings. The molecule has 0 spiro atoms. The number of hydrogen-bond donors (Lipinski definition) is 1. The molecule has 0 amide bonds. The zero-order chi connectivity index (χ0) is 21.6. The van der Waals surface area contributed by atoms with E-state index in [1.54, 1.807) is 11.1 Å². The van der Waals surface area contributed by atoms with Crippen molar-refractivity contribution in [2.75, 3.05) is 6.61 Å². The molecule has 1 N–H and O–H groups in total. The van der Waals surface area contributed by atoms with Crippen molar-refractivity contribution >= 4 is 5.97 Å². The molecule has 2 fully saturated rings. The molecule has 5 rings (SSSR count). The van der Waals surface area contributed by atoms with E-state index in [-0.39, 0.29) is 22.9 Å². The van der Waals surface area contributed by atoms with E-state index in [4.69, 9.17) is 4.74 Å². The molecule has 0 saturated heterocycles. The largest absolute Gasteiger partial charge is 0.459 e. The number of carbonyl (C=O) groups excluding carboxylic acids is 1. The Labute approximate surface area is 186 Å². The van der Waals surface area contributed by atoms with Gasteiger partial charge in [0.05, 0.1) is 5.56 Å². The number of aliphatic hydroxyl groups is 1.